The zero-order valence-corrected chi connectivity index (χ0v) is 64.4. The van der Waals surface area contributed by atoms with Gasteiger partial charge in [-0.25, -0.2) is 33.2 Å². The number of esters is 12. The van der Waals surface area contributed by atoms with E-state index in [-0.39, 0.29) is 119 Å². The number of ether oxygens (including phenoxy) is 16. The van der Waals surface area contributed by atoms with Crippen molar-refractivity contribution in [3.63, 3.8) is 0 Å². The van der Waals surface area contributed by atoms with Crippen LogP contribution < -0.4 is 9.47 Å². The molecule has 0 unspecified atom stereocenters. The molecular weight excluding hydrogens is 1500 g/mol. The van der Waals surface area contributed by atoms with Gasteiger partial charge in [0, 0.05) is 28.1 Å². The van der Waals surface area contributed by atoms with Gasteiger partial charge in [-0.15, -0.1) is 0 Å². The minimum Gasteiger partial charge on any atom is -0.497 e. The molecule has 0 aliphatic heterocycles. The van der Waals surface area contributed by atoms with E-state index in [2.05, 4.69) is 118 Å². The van der Waals surface area contributed by atoms with Crippen molar-refractivity contribution in [3.05, 3.63) is 190 Å². The molecule has 6 aromatic carbocycles. The lowest BCUT2D eigenvalue weighted by Crippen LogP contribution is -2.27. The molecule has 115 heavy (non-hydrogen) atoms. The Morgan fingerprint density at radius 3 is 0.791 bits per heavy atom. The molecule has 0 radical (unpaired) electrons. The van der Waals surface area contributed by atoms with Crippen molar-refractivity contribution in [1.29, 1.82) is 0 Å². The van der Waals surface area contributed by atoms with Gasteiger partial charge >= 0.3 is 71.6 Å². The Morgan fingerprint density at radius 2 is 0.583 bits per heavy atom. The van der Waals surface area contributed by atoms with E-state index in [0.717, 1.165) is 61.5 Å². The smallest absolute Gasteiger partial charge is 0.340 e. The van der Waals surface area contributed by atoms with E-state index in [0.29, 0.717) is 29.0 Å². The van der Waals surface area contributed by atoms with Gasteiger partial charge < -0.3 is 75.8 Å². The summed E-state index contributed by atoms with van der Waals surface area (Å²) in [7, 11) is 19.3. The van der Waals surface area contributed by atoms with Crippen LogP contribution in [0.15, 0.2) is 140 Å². The molecule has 0 spiro atoms. The molecule has 0 heterocycles. The number of halogens is 1. The van der Waals surface area contributed by atoms with Crippen LogP contribution in [-0.4, -0.2) is 185 Å². The fourth-order valence-corrected chi connectivity index (χ4v) is 7.67. The number of carbonyl (C=O) groups is 12. The predicted octanol–water partition coefficient (Wildman–Crippen LogP) is 17.3. The van der Waals surface area contributed by atoms with Gasteiger partial charge in [-0.05, 0) is 142 Å². The summed E-state index contributed by atoms with van der Waals surface area (Å²) in [5, 5.41) is 0. The number of methoxy groups -OCH3 is 14. The van der Waals surface area contributed by atoms with E-state index in [9.17, 15) is 61.9 Å². The summed E-state index contributed by atoms with van der Waals surface area (Å²) in [6.45, 7) is 11.0. The summed E-state index contributed by atoms with van der Waals surface area (Å²) in [4.78, 5) is 130. The van der Waals surface area contributed by atoms with Crippen LogP contribution in [0.25, 0.3) is 11.1 Å². The Hall–Kier alpha value is -11.6. The summed E-state index contributed by atoms with van der Waals surface area (Å²) >= 11 is 0. The minimum atomic E-state index is -0.815. The van der Waals surface area contributed by atoms with E-state index in [4.69, 9.17) is 9.47 Å². The normalized spacial score (nSPS) is 10.6. The SMILES string of the molecule is C.C.C.C.C.C.C.C.CC(=O)OCOC(C)=O.CCC.COC(=O)C1CCC(C(=O)OC)CC1.COC(=O)CC(=O)OC.COC(=O)c1ccc(-c2ccc(C(=O)OC)cc2)cc1.COC(=O)c1ccc(C(=O)OC)c(F)c1.COC(=O)c1ccc(C(=O)OC)cc1.COCOC.COc1ccc(OC)cc1.Cc1ccc(C)cc1. The second-order valence-electron chi connectivity index (χ2n) is 21.1. The third-order valence-electron chi connectivity index (χ3n) is 13.3. The standard InChI is InChI=1S/C16H14O4.C10H9FO4.C10H16O4.C10H10O4.C8H10O2.C8H10.2C5H8O4.C3H8O2.C3H8.8CH4/c1-19-15(17)13-7-3-11(4-8-13)12-5-9-14(10-6-12)16(18)20-2;1-14-9(12)6-3-4-7(8(11)5-6)10(13)15-2;2*1-13-9(11)7-3-5-8(6-4-7)10(12)14-2;1-9-7-3-5-8(10-2)6-4-7;1-7-3-5-8(2)6-4-7;1-8-4(6)3-5(7)9-2;1-4(6)8-3-9-5(2)7;1-4-3-5-2;1-3-2;;;;;;;;/h3-10H,1-2H3;3-5H,1-2H3;7-8H,3-6H2,1-2H3;3-6H,1-2H3;3-6H,1-2H3;3-6H,1-2H3;2*3H2,1-2H3;3H2,1-2H3;3H2,1-2H3;8*1H4. The van der Waals surface area contributed by atoms with Gasteiger partial charge in [0.05, 0.1) is 131 Å². The number of hydrogen-bond acceptors (Lipinski definition) is 28. The largest absolute Gasteiger partial charge is 0.497 e. The maximum absolute atomic E-state index is 13.3. The Morgan fingerprint density at radius 1 is 0.330 bits per heavy atom. The first-order chi connectivity index (χ1) is 50.9. The average Bonchev–Trinajstić information content (AvgIpc) is 0.850. The first-order valence-electron chi connectivity index (χ1n) is 32.3. The quantitative estimate of drug-likeness (QED) is 0.0354. The topological polar surface area (TPSA) is 353 Å². The van der Waals surface area contributed by atoms with Crippen LogP contribution in [0, 0.1) is 31.5 Å². The Labute approximate surface area is 683 Å². The Balaban J connectivity index is -0.000000118. The van der Waals surface area contributed by atoms with Crippen molar-refractivity contribution in [3.8, 4) is 22.6 Å². The van der Waals surface area contributed by atoms with Gasteiger partial charge in [-0.1, -0.05) is 139 Å². The molecule has 0 amide bonds. The molecule has 0 N–H and O–H groups in total. The van der Waals surface area contributed by atoms with Crippen molar-refractivity contribution in [2.24, 2.45) is 11.8 Å². The lowest BCUT2D eigenvalue weighted by molar-refractivity contribution is -0.164. The van der Waals surface area contributed by atoms with Gasteiger partial charge in [0.15, 0.2) is 0 Å². The Bertz CT molecular complexity index is 3380. The minimum absolute atomic E-state index is 0. The predicted molar refractivity (Wildman–Crippen MR) is 443 cm³/mol. The average molecular weight is 1630 g/mol. The molecule has 6 aromatic rings. The third kappa shape index (κ3) is 58.0. The molecule has 0 saturated heterocycles. The Kier molecular flexibility index (Phi) is 85.8. The molecule has 1 aliphatic carbocycles. The van der Waals surface area contributed by atoms with Crippen LogP contribution in [0.1, 0.15) is 199 Å². The van der Waals surface area contributed by atoms with E-state index in [1.54, 1.807) is 52.7 Å². The first-order valence-corrected chi connectivity index (χ1v) is 32.3. The second kappa shape index (κ2) is 77.7. The molecule has 0 aromatic heterocycles. The van der Waals surface area contributed by atoms with Crippen molar-refractivity contribution in [1.82, 2.24) is 0 Å². The maximum Gasteiger partial charge on any atom is 0.340 e. The zero-order valence-electron chi connectivity index (χ0n) is 64.4. The summed E-state index contributed by atoms with van der Waals surface area (Å²) in [5.74, 6) is -4.61. The lowest BCUT2D eigenvalue weighted by Gasteiger charge is -2.24. The highest BCUT2D eigenvalue weighted by Gasteiger charge is 2.31. The highest BCUT2D eigenvalue weighted by Crippen LogP contribution is 2.30. The molecule has 29 heteroatoms. The first kappa shape index (κ1) is 127. The number of carbonyl (C=O) groups excluding carboxylic acids is 12. The maximum atomic E-state index is 13.3. The van der Waals surface area contributed by atoms with E-state index in [1.165, 1.54) is 132 Å². The number of rotatable bonds is 17. The van der Waals surface area contributed by atoms with E-state index in [1.807, 2.05) is 48.5 Å². The molecule has 652 valence electrons. The van der Waals surface area contributed by atoms with E-state index >= 15 is 0 Å². The molecule has 0 atom stereocenters. The van der Waals surface area contributed by atoms with Crippen molar-refractivity contribution in [2.75, 3.05) is 113 Å². The summed E-state index contributed by atoms with van der Waals surface area (Å²) in [6, 6.07) is 39.5. The van der Waals surface area contributed by atoms with Crippen molar-refractivity contribution >= 4 is 71.6 Å². The zero-order chi connectivity index (χ0) is 81.8. The monoisotopic (exact) mass is 1630 g/mol. The second-order valence-corrected chi connectivity index (χ2v) is 21.1. The van der Waals surface area contributed by atoms with Crippen molar-refractivity contribution < 1.29 is 138 Å². The number of benzene rings is 6. The van der Waals surface area contributed by atoms with Crippen LogP contribution in [0.2, 0.25) is 0 Å². The summed E-state index contributed by atoms with van der Waals surface area (Å²) in [5.41, 5.74) is 6.20. The van der Waals surface area contributed by atoms with Crippen LogP contribution in [-0.2, 0) is 95.1 Å². The van der Waals surface area contributed by atoms with Crippen LogP contribution >= 0.6 is 0 Å². The fourth-order valence-electron chi connectivity index (χ4n) is 7.67. The molecule has 0 bridgehead atoms. The van der Waals surface area contributed by atoms with Gasteiger partial charge in [0.2, 0.25) is 6.79 Å². The molecule has 1 aliphatic rings. The highest BCUT2D eigenvalue weighted by molar-refractivity contribution is 5.95. The van der Waals surface area contributed by atoms with Crippen LogP contribution in [0.4, 0.5) is 4.39 Å². The van der Waals surface area contributed by atoms with Crippen LogP contribution in [0.5, 0.6) is 11.5 Å². The lowest BCUT2D eigenvalue weighted by atomic mass is 9.82. The third-order valence-corrected chi connectivity index (χ3v) is 13.3. The molecule has 1 saturated carbocycles. The summed E-state index contributed by atoms with van der Waals surface area (Å²) < 4.78 is 85.4. The molecule has 1 fully saturated rings. The van der Waals surface area contributed by atoms with Crippen molar-refractivity contribution in [2.45, 2.75) is 139 Å². The van der Waals surface area contributed by atoms with Gasteiger partial charge in [0.1, 0.15) is 30.5 Å². The van der Waals surface area contributed by atoms with Crippen LogP contribution in [0.3, 0.4) is 0 Å². The van der Waals surface area contributed by atoms with Gasteiger partial charge in [0.25, 0.3) is 0 Å². The summed E-state index contributed by atoms with van der Waals surface area (Å²) in [6.07, 6.45) is 3.85. The van der Waals surface area contributed by atoms with Gasteiger partial charge in [-0.3, -0.25) is 28.8 Å². The van der Waals surface area contributed by atoms with E-state index < -0.39 is 53.6 Å². The fraction of sp³-hybridized carbons (Fsp3) is 0.442. The number of hydrogen-bond donors (Lipinski definition) is 0. The number of aryl methyl sites for hydroxylation is 2. The van der Waals surface area contributed by atoms with Gasteiger partial charge in [-0.2, -0.15) is 0 Å². The highest BCUT2D eigenvalue weighted by atomic mass is 19.1. The molecular formula is C86H133FO28. The molecule has 28 nitrogen and oxygen atoms in total. The molecule has 7 rings (SSSR count).